The minimum Gasteiger partial charge on any atom is -0.456 e. The number of esters is 1. The molecule has 0 N–H and O–H groups in total. The Kier molecular flexibility index (Phi) is 6.10. The molecule has 0 radical (unpaired) electrons. The fourth-order valence-corrected chi connectivity index (χ4v) is 4.14. The van der Waals surface area contributed by atoms with Crippen LogP contribution in [0.3, 0.4) is 0 Å². The second-order valence-electron chi connectivity index (χ2n) is 7.74. The van der Waals surface area contributed by atoms with Crippen molar-refractivity contribution < 1.29 is 22.7 Å². The van der Waals surface area contributed by atoms with Gasteiger partial charge in [0.2, 0.25) is 0 Å². The lowest BCUT2D eigenvalue weighted by Gasteiger charge is -2.35. The standard InChI is InChI=1S/C23H22N4O5S/c1-26-21-12-25-20(22(28)32-15-17-7-9-24-10-8-17)11-18(21)14-27(23(26)29)13-16-3-5-19(6-4-16)33(2,30)31/h3-12H,13-15H2,1-2H3. The molecular weight excluding hydrogens is 444 g/mol. The number of hydrogen-bond acceptors (Lipinski definition) is 7. The number of carbonyl (C=O) groups excluding carboxylic acids is 2. The third kappa shape index (κ3) is 5.01. The van der Waals surface area contributed by atoms with E-state index >= 15 is 0 Å². The summed E-state index contributed by atoms with van der Waals surface area (Å²) < 4.78 is 28.7. The second-order valence-corrected chi connectivity index (χ2v) is 9.76. The highest BCUT2D eigenvalue weighted by molar-refractivity contribution is 7.90. The molecule has 33 heavy (non-hydrogen) atoms. The molecule has 0 unspecified atom stereocenters. The lowest BCUT2D eigenvalue weighted by molar-refractivity contribution is 0.0465. The predicted molar refractivity (Wildman–Crippen MR) is 120 cm³/mol. The van der Waals surface area contributed by atoms with E-state index < -0.39 is 15.8 Å². The molecule has 0 fully saturated rings. The summed E-state index contributed by atoms with van der Waals surface area (Å²) in [5.74, 6) is -0.558. The zero-order valence-electron chi connectivity index (χ0n) is 18.1. The highest BCUT2D eigenvalue weighted by Gasteiger charge is 2.29. The summed E-state index contributed by atoms with van der Waals surface area (Å²) in [5, 5.41) is 0. The first-order valence-corrected chi connectivity index (χ1v) is 12.0. The zero-order chi connectivity index (χ0) is 23.6. The molecule has 2 aromatic heterocycles. The van der Waals surface area contributed by atoms with Gasteiger partial charge in [-0.15, -0.1) is 0 Å². The van der Waals surface area contributed by atoms with Crippen molar-refractivity contribution in [1.82, 2.24) is 14.9 Å². The molecule has 170 valence electrons. The Hall–Kier alpha value is -3.79. The molecule has 0 bridgehead atoms. The van der Waals surface area contributed by atoms with Crippen molar-refractivity contribution in [1.29, 1.82) is 0 Å². The number of benzene rings is 1. The first-order chi connectivity index (χ1) is 15.7. The van der Waals surface area contributed by atoms with Gasteiger partial charge >= 0.3 is 12.0 Å². The van der Waals surface area contributed by atoms with Crippen molar-refractivity contribution >= 4 is 27.5 Å². The van der Waals surface area contributed by atoms with Gasteiger partial charge in [-0.2, -0.15) is 0 Å². The lowest BCUT2D eigenvalue weighted by Crippen LogP contribution is -2.44. The van der Waals surface area contributed by atoms with E-state index in [4.69, 9.17) is 4.74 Å². The highest BCUT2D eigenvalue weighted by atomic mass is 32.2. The van der Waals surface area contributed by atoms with E-state index in [0.717, 1.165) is 22.9 Å². The van der Waals surface area contributed by atoms with E-state index in [9.17, 15) is 18.0 Å². The van der Waals surface area contributed by atoms with Gasteiger partial charge in [0.05, 0.1) is 16.8 Å². The van der Waals surface area contributed by atoms with Gasteiger partial charge in [0.1, 0.15) is 12.3 Å². The smallest absolute Gasteiger partial charge is 0.357 e. The van der Waals surface area contributed by atoms with Crippen molar-refractivity contribution in [2.75, 3.05) is 18.2 Å². The number of aromatic nitrogens is 2. The quantitative estimate of drug-likeness (QED) is 0.514. The predicted octanol–water partition coefficient (Wildman–Crippen LogP) is 2.81. The van der Waals surface area contributed by atoms with Crippen molar-refractivity contribution in [3.63, 3.8) is 0 Å². The molecule has 0 spiro atoms. The summed E-state index contributed by atoms with van der Waals surface area (Å²) in [6, 6.07) is 11.4. The van der Waals surface area contributed by atoms with Crippen LogP contribution in [-0.4, -0.2) is 48.6 Å². The zero-order valence-corrected chi connectivity index (χ0v) is 18.9. The van der Waals surface area contributed by atoms with E-state index in [1.54, 1.807) is 54.7 Å². The summed E-state index contributed by atoms with van der Waals surface area (Å²) in [6.07, 6.45) is 5.89. The van der Waals surface area contributed by atoms with E-state index in [2.05, 4.69) is 9.97 Å². The number of pyridine rings is 2. The fourth-order valence-electron chi connectivity index (χ4n) is 3.51. The van der Waals surface area contributed by atoms with Gasteiger partial charge in [-0.1, -0.05) is 12.1 Å². The Bertz CT molecular complexity index is 1290. The summed E-state index contributed by atoms with van der Waals surface area (Å²) in [6.45, 7) is 0.671. The molecule has 0 atom stereocenters. The Labute approximate surface area is 191 Å². The van der Waals surface area contributed by atoms with Crippen molar-refractivity contribution in [3.8, 4) is 0 Å². The van der Waals surface area contributed by atoms with Crippen LogP contribution in [0.2, 0.25) is 0 Å². The Morgan fingerprint density at radius 3 is 2.45 bits per heavy atom. The van der Waals surface area contributed by atoms with Crippen LogP contribution in [0.15, 0.2) is 66.0 Å². The van der Waals surface area contributed by atoms with E-state index in [0.29, 0.717) is 5.69 Å². The van der Waals surface area contributed by atoms with Crippen LogP contribution in [0.25, 0.3) is 0 Å². The number of urea groups is 1. The van der Waals surface area contributed by atoms with E-state index in [1.165, 1.54) is 23.2 Å². The molecule has 1 aliphatic rings. The van der Waals surface area contributed by atoms with Crippen molar-refractivity contribution in [2.24, 2.45) is 0 Å². The third-order valence-corrected chi connectivity index (χ3v) is 6.43. The molecule has 1 aromatic carbocycles. The molecule has 3 aromatic rings. The van der Waals surface area contributed by atoms with Gasteiger partial charge in [0, 0.05) is 38.8 Å². The molecule has 2 amide bonds. The van der Waals surface area contributed by atoms with Gasteiger partial charge in [-0.05, 0) is 47.0 Å². The number of carbonyl (C=O) groups is 2. The van der Waals surface area contributed by atoms with Crippen molar-refractivity contribution in [2.45, 2.75) is 24.6 Å². The number of ether oxygens (including phenoxy) is 1. The first kappa shape index (κ1) is 22.4. The van der Waals surface area contributed by atoms with E-state index in [1.807, 2.05) is 0 Å². The third-order valence-electron chi connectivity index (χ3n) is 5.30. The van der Waals surface area contributed by atoms with Gasteiger partial charge in [0.25, 0.3) is 0 Å². The highest BCUT2D eigenvalue weighted by Crippen LogP contribution is 2.28. The van der Waals surface area contributed by atoms with Crippen LogP contribution in [0, 0.1) is 0 Å². The van der Waals surface area contributed by atoms with Crippen LogP contribution in [0.1, 0.15) is 27.2 Å². The molecule has 4 rings (SSSR count). The first-order valence-electron chi connectivity index (χ1n) is 10.1. The minimum absolute atomic E-state index is 0.105. The topological polar surface area (TPSA) is 110 Å². The molecule has 9 nitrogen and oxygen atoms in total. The Morgan fingerprint density at radius 2 is 1.79 bits per heavy atom. The number of rotatable bonds is 6. The molecule has 3 heterocycles. The number of anilines is 1. The second kappa shape index (κ2) is 8.99. The van der Waals surface area contributed by atoms with Gasteiger partial charge < -0.3 is 9.64 Å². The molecule has 0 saturated carbocycles. The number of nitrogens with zero attached hydrogens (tertiary/aromatic N) is 4. The summed E-state index contributed by atoms with van der Waals surface area (Å²) >= 11 is 0. The van der Waals surface area contributed by atoms with Crippen LogP contribution in [-0.2, 0) is 34.3 Å². The van der Waals surface area contributed by atoms with Gasteiger partial charge in [0.15, 0.2) is 9.84 Å². The molecule has 10 heteroatoms. The van der Waals surface area contributed by atoms with Crippen LogP contribution >= 0.6 is 0 Å². The number of amides is 2. The molecule has 0 saturated heterocycles. The molecular formula is C23H22N4O5S. The number of sulfone groups is 1. The van der Waals surface area contributed by atoms with Gasteiger partial charge in [-0.3, -0.25) is 9.88 Å². The SMILES string of the molecule is CN1C(=O)N(Cc2ccc(S(C)(=O)=O)cc2)Cc2cc(C(=O)OCc3ccncc3)ncc21. The maximum absolute atomic E-state index is 12.8. The molecule has 0 aliphatic carbocycles. The lowest BCUT2D eigenvalue weighted by atomic mass is 10.1. The maximum atomic E-state index is 12.8. The number of fused-ring (bicyclic) bond motifs is 1. The fraction of sp³-hybridized carbons (Fsp3) is 0.217. The molecule has 1 aliphatic heterocycles. The van der Waals surface area contributed by atoms with Gasteiger partial charge in [-0.25, -0.2) is 23.0 Å². The average Bonchev–Trinajstić information content (AvgIpc) is 2.81. The summed E-state index contributed by atoms with van der Waals surface area (Å²) in [7, 11) is -1.65. The van der Waals surface area contributed by atoms with Crippen LogP contribution < -0.4 is 4.90 Å². The number of hydrogen-bond donors (Lipinski definition) is 0. The van der Waals surface area contributed by atoms with Crippen LogP contribution in [0.5, 0.6) is 0 Å². The monoisotopic (exact) mass is 466 g/mol. The largest absolute Gasteiger partial charge is 0.456 e. The minimum atomic E-state index is -3.29. The van der Waals surface area contributed by atoms with Crippen molar-refractivity contribution in [3.05, 3.63) is 83.4 Å². The average molecular weight is 467 g/mol. The summed E-state index contributed by atoms with van der Waals surface area (Å²) in [4.78, 5) is 36.7. The Morgan fingerprint density at radius 1 is 1.09 bits per heavy atom. The van der Waals surface area contributed by atoms with E-state index in [-0.39, 0.29) is 36.3 Å². The van der Waals surface area contributed by atoms with Crippen LogP contribution in [0.4, 0.5) is 10.5 Å². The summed E-state index contributed by atoms with van der Waals surface area (Å²) in [5.41, 5.74) is 3.14. The normalized spacial score (nSPS) is 13.6. The Balaban J connectivity index is 1.49. The maximum Gasteiger partial charge on any atom is 0.357 e.